The third-order valence-electron chi connectivity index (χ3n) is 3.71. The highest BCUT2D eigenvalue weighted by atomic mass is 15.2. The van der Waals surface area contributed by atoms with Crippen molar-refractivity contribution in [1.82, 2.24) is 20.2 Å². The lowest BCUT2D eigenvalue weighted by Crippen LogP contribution is -2.28. The van der Waals surface area contributed by atoms with Gasteiger partial charge in [-0.2, -0.15) is 5.10 Å². The van der Waals surface area contributed by atoms with Gasteiger partial charge in [0.25, 0.3) is 0 Å². The summed E-state index contributed by atoms with van der Waals surface area (Å²) in [6.07, 6.45) is 7.61. The Hall–Kier alpha value is -2.24. The van der Waals surface area contributed by atoms with E-state index in [1.54, 1.807) is 0 Å². The number of rotatable bonds is 5. The molecule has 0 aliphatic carbocycles. The summed E-state index contributed by atoms with van der Waals surface area (Å²) in [4.78, 5) is 4.34. The number of nitrogens with zero attached hydrogens (tertiary/aromatic N) is 3. The summed E-state index contributed by atoms with van der Waals surface area (Å²) in [6.45, 7) is 0. The molecule has 1 unspecified atom stereocenters. The minimum absolute atomic E-state index is 0.120. The molecule has 0 saturated carbocycles. The molecule has 0 radical (unpaired) electrons. The molecule has 0 amide bonds. The zero-order chi connectivity index (χ0) is 14.7. The highest BCUT2D eigenvalue weighted by molar-refractivity contribution is 5.79. The maximum Gasteiger partial charge on any atom is 0.0702 e. The van der Waals surface area contributed by atoms with Crippen molar-refractivity contribution in [3.8, 4) is 0 Å². The number of aromatic nitrogens is 3. The van der Waals surface area contributed by atoms with E-state index in [1.807, 2.05) is 42.5 Å². The van der Waals surface area contributed by atoms with Crippen molar-refractivity contribution in [2.45, 2.75) is 18.9 Å². The average molecular weight is 281 g/mol. The van der Waals surface area contributed by atoms with Gasteiger partial charge in [-0.05, 0) is 42.2 Å². The van der Waals surface area contributed by atoms with Crippen molar-refractivity contribution in [3.05, 3.63) is 60.0 Å². The van der Waals surface area contributed by atoms with E-state index in [9.17, 15) is 0 Å². The number of aryl methyl sites for hydroxylation is 2. The largest absolute Gasteiger partial charge is 0.276 e. The number of fused-ring (bicyclic) bond motifs is 1. The molecule has 0 aliphatic heterocycles. The number of hydrogen-bond donors (Lipinski definition) is 2. The maximum absolute atomic E-state index is 5.73. The molecule has 0 spiro atoms. The molecule has 0 bridgehead atoms. The lowest BCUT2D eigenvalue weighted by atomic mass is 9.99. The molecule has 5 heteroatoms. The van der Waals surface area contributed by atoms with E-state index in [0.717, 1.165) is 23.7 Å². The molecule has 108 valence electrons. The van der Waals surface area contributed by atoms with Crippen LogP contribution in [-0.2, 0) is 13.5 Å². The third kappa shape index (κ3) is 3.09. The van der Waals surface area contributed by atoms with E-state index >= 15 is 0 Å². The van der Waals surface area contributed by atoms with Crippen molar-refractivity contribution in [1.29, 1.82) is 0 Å². The minimum atomic E-state index is 0.120. The van der Waals surface area contributed by atoms with E-state index in [4.69, 9.17) is 5.84 Å². The summed E-state index contributed by atoms with van der Waals surface area (Å²) in [5, 5.41) is 5.33. The monoisotopic (exact) mass is 281 g/mol. The first-order valence-electron chi connectivity index (χ1n) is 7.04. The molecule has 1 aromatic carbocycles. The zero-order valence-corrected chi connectivity index (χ0v) is 12.0. The van der Waals surface area contributed by atoms with Crippen LogP contribution < -0.4 is 11.3 Å². The van der Waals surface area contributed by atoms with E-state index < -0.39 is 0 Å². The summed E-state index contributed by atoms with van der Waals surface area (Å²) in [6, 6.07) is 10.4. The molecule has 21 heavy (non-hydrogen) atoms. The Morgan fingerprint density at radius 1 is 1.33 bits per heavy atom. The first kappa shape index (κ1) is 13.7. The summed E-state index contributed by atoms with van der Waals surface area (Å²) >= 11 is 0. The molecule has 3 N–H and O–H groups in total. The maximum atomic E-state index is 5.73. The molecule has 3 aromatic rings. The molecule has 3 rings (SSSR count). The summed E-state index contributed by atoms with van der Waals surface area (Å²) < 4.78 is 1.82. The predicted octanol–water partition coefficient (Wildman–Crippen LogP) is 2.11. The molecule has 2 heterocycles. The van der Waals surface area contributed by atoms with Gasteiger partial charge < -0.3 is 0 Å². The van der Waals surface area contributed by atoms with Gasteiger partial charge >= 0.3 is 0 Å². The van der Waals surface area contributed by atoms with Gasteiger partial charge in [0.15, 0.2) is 0 Å². The fourth-order valence-corrected chi connectivity index (χ4v) is 2.57. The van der Waals surface area contributed by atoms with Gasteiger partial charge in [-0.1, -0.05) is 12.1 Å². The van der Waals surface area contributed by atoms with Gasteiger partial charge in [-0.15, -0.1) is 0 Å². The molecule has 0 saturated heterocycles. The first-order valence-corrected chi connectivity index (χ1v) is 7.04. The van der Waals surface area contributed by atoms with Gasteiger partial charge in [-0.3, -0.25) is 20.9 Å². The fraction of sp³-hybridized carbons (Fsp3) is 0.250. The molecule has 0 aliphatic rings. The van der Waals surface area contributed by atoms with Crippen molar-refractivity contribution in [2.75, 3.05) is 0 Å². The summed E-state index contributed by atoms with van der Waals surface area (Å²) in [5.41, 5.74) is 6.32. The number of hydrogen-bond acceptors (Lipinski definition) is 4. The number of nitrogens with two attached hydrogens (primary N) is 1. The Bertz CT molecular complexity index is 734. The van der Waals surface area contributed by atoms with Crippen LogP contribution in [-0.4, -0.2) is 14.8 Å². The van der Waals surface area contributed by atoms with Crippen molar-refractivity contribution in [3.63, 3.8) is 0 Å². The zero-order valence-electron chi connectivity index (χ0n) is 12.0. The summed E-state index contributed by atoms with van der Waals surface area (Å²) in [5.74, 6) is 5.73. The van der Waals surface area contributed by atoms with Crippen LogP contribution in [0.15, 0.2) is 48.9 Å². The number of nitrogens with one attached hydrogen (secondary N) is 1. The minimum Gasteiger partial charge on any atom is -0.276 e. The molecule has 5 nitrogen and oxygen atoms in total. The predicted molar refractivity (Wildman–Crippen MR) is 83.3 cm³/mol. The Labute approximate surface area is 123 Å². The topological polar surface area (TPSA) is 68.8 Å². The normalized spacial score (nSPS) is 12.7. The third-order valence-corrected chi connectivity index (χ3v) is 3.71. The number of hydrazine groups is 1. The van der Waals surface area contributed by atoms with E-state index in [0.29, 0.717) is 0 Å². The van der Waals surface area contributed by atoms with Crippen LogP contribution >= 0.6 is 0 Å². The van der Waals surface area contributed by atoms with Gasteiger partial charge in [0.2, 0.25) is 0 Å². The lowest BCUT2D eigenvalue weighted by Gasteiger charge is -2.16. The van der Waals surface area contributed by atoms with Crippen molar-refractivity contribution in [2.24, 2.45) is 12.9 Å². The van der Waals surface area contributed by atoms with Crippen LogP contribution in [0, 0.1) is 0 Å². The molecule has 2 aromatic heterocycles. The fourth-order valence-electron chi connectivity index (χ4n) is 2.57. The highest BCUT2D eigenvalue weighted by Gasteiger charge is 2.11. The Balaban J connectivity index is 1.77. The number of pyridine rings is 1. The van der Waals surface area contributed by atoms with Crippen molar-refractivity contribution < 1.29 is 0 Å². The Kier molecular flexibility index (Phi) is 3.94. The van der Waals surface area contributed by atoms with Crippen LogP contribution in [0.4, 0.5) is 0 Å². The molecule has 1 atom stereocenters. The van der Waals surface area contributed by atoms with Gasteiger partial charge in [0.1, 0.15) is 0 Å². The van der Waals surface area contributed by atoms with Crippen LogP contribution in [0.3, 0.4) is 0 Å². The Morgan fingerprint density at radius 3 is 3.00 bits per heavy atom. The van der Waals surface area contributed by atoms with Crippen molar-refractivity contribution >= 4 is 10.9 Å². The van der Waals surface area contributed by atoms with Crippen LogP contribution in [0.25, 0.3) is 10.9 Å². The van der Waals surface area contributed by atoms with Gasteiger partial charge in [-0.25, -0.2) is 0 Å². The van der Waals surface area contributed by atoms with Gasteiger partial charge in [0, 0.05) is 30.9 Å². The quantitative estimate of drug-likeness (QED) is 0.555. The second-order valence-corrected chi connectivity index (χ2v) is 5.24. The van der Waals surface area contributed by atoms with Crippen LogP contribution in [0.5, 0.6) is 0 Å². The molecular formula is C16H19N5. The molecule has 0 fully saturated rings. The van der Waals surface area contributed by atoms with Crippen LogP contribution in [0.1, 0.15) is 23.6 Å². The second-order valence-electron chi connectivity index (χ2n) is 5.24. The average Bonchev–Trinajstić information content (AvgIpc) is 2.93. The first-order chi connectivity index (χ1) is 10.3. The van der Waals surface area contributed by atoms with E-state index in [-0.39, 0.29) is 6.04 Å². The SMILES string of the molecule is Cn1cc(CCC(NN)c2ccc3ncccc3c2)cn1. The van der Waals surface area contributed by atoms with E-state index in [1.165, 1.54) is 11.1 Å². The number of benzene rings is 1. The summed E-state index contributed by atoms with van der Waals surface area (Å²) in [7, 11) is 1.93. The highest BCUT2D eigenvalue weighted by Crippen LogP contribution is 2.22. The second kappa shape index (κ2) is 6.03. The Morgan fingerprint density at radius 2 is 2.24 bits per heavy atom. The molecular weight excluding hydrogens is 262 g/mol. The van der Waals surface area contributed by atoms with Crippen LogP contribution in [0.2, 0.25) is 0 Å². The lowest BCUT2D eigenvalue weighted by molar-refractivity contribution is 0.517. The van der Waals surface area contributed by atoms with E-state index in [2.05, 4.69) is 33.7 Å². The smallest absolute Gasteiger partial charge is 0.0702 e. The standard InChI is InChI=1S/C16H19N5/c1-21-11-12(10-19-21)4-6-16(20-17)14-5-7-15-13(9-14)3-2-8-18-15/h2-3,5,7-11,16,20H,4,6,17H2,1H3. The van der Waals surface area contributed by atoms with Gasteiger partial charge in [0.05, 0.1) is 11.7 Å².